The van der Waals surface area contributed by atoms with Gasteiger partial charge < -0.3 is 4.90 Å². The summed E-state index contributed by atoms with van der Waals surface area (Å²) in [5, 5.41) is 4.90. The first-order chi connectivity index (χ1) is 13.3. The summed E-state index contributed by atoms with van der Waals surface area (Å²) >= 11 is 0. The third kappa shape index (κ3) is 3.04. The summed E-state index contributed by atoms with van der Waals surface area (Å²) in [7, 11) is 2.08. The maximum atomic E-state index is 4.90. The molecule has 0 N–H and O–H groups in total. The lowest BCUT2D eigenvalue weighted by molar-refractivity contribution is 0.260. The fraction of sp³-hybridized carbons (Fsp3) is 0.348. The van der Waals surface area contributed by atoms with Gasteiger partial charge in [-0.2, -0.15) is 5.10 Å². The van der Waals surface area contributed by atoms with Gasteiger partial charge in [-0.3, -0.25) is 9.58 Å². The molecule has 5 rings (SSSR count). The van der Waals surface area contributed by atoms with Crippen LogP contribution in [0, 0.1) is 0 Å². The summed E-state index contributed by atoms with van der Waals surface area (Å²) < 4.78 is 2.08. The first kappa shape index (κ1) is 16.6. The van der Waals surface area contributed by atoms with Crippen molar-refractivity contribution in [2.45, 2.75) is 12.8 Å². The van der Waals surface area contributed by atoms with Crippen LogP contribution in [-0.4, -0.2) is 47.4 Å². The van der Waals surface area contributed by atoms with Gasteiger partial charge in [0, 0.05) is 57.3 Å². The van der Waals surface area contributed by atoms with Crippen molar-refractivity contribution in [3.8, 4) is 11.3 Å². The van der Waals surface area contributed by atoms with E-state index in [4.69, 9.17) is 5.10 Å². The molecule has 1 aliphatic carbocycles. The Morgan fingerprint density at radius 2 is 1.63 bits per heavy atom. The molecule has 0 atom stereocenters. The van der Waals surface area contributed by atoms with Gasteiger partial charge in [0.25, 0.3) is 0 Å². The van der Waals surface area contributed by atoms with Crippen LogP contribution in [0.2, 0.25) is 0 Å². The molecule has 0 amide bonds. The van der Waals surface area contributed by atoms with E-state index in [0.717, 1.165) is 45.6 Å². The summed E-state index contributed by atoms with van der Waals surface area (Å²) in [4.78, 5) is 5.07. The van der Waals surface area contributed by atoms with Gasteiger partial charge in [-0.25, -0.2) is 0 Å². The number of anilines is 1. The largest absolute Gasteiger partial charge is 0.352 e. The van der Waals surface area contributed by atoms with Gasteiger partial charge in [-0.1, -0.05) is 54.6 Å². The highest BCUT2D eigenvalue weighted by molar-refractivity contribution is 5.79. The zero-order valence-electron chi connectivity index (χ0n) is 15.9. The van der Waals surface area contributed by atoms with Crippen molar-refractivity contribution < 1.29 is 0 Å². The molecule has 0 spiro atoms. The van der Waals surface area contributed by atoms with E-state index in [-0.39, 0.29) is 0 Å². The molecule has 1 fully saturated rings. The third-order valence-corrected chi connectivity index (χ3v) is 6.00. The molecular formula is C23H26N4. The lowest BCUT2D eigenvalue weighted by Crippen LogP contribution is -2.47. The molecule has 1 saturated heterocycles. The highest BCUT2D eigenvalue weighted by Gasteiger charge is 2.29. The van der Waals surface area contributed by atoms with E-state index >= 15 is 0 Å². The predicted octanol–water partition coefficient (Wildman–Crippen LogP) is 3.36. The average Bonchev–Trinajstić information content (AvgIpc) is 3.25. The molecule has 0 radical (unpaired) electrons. The minimum atomic E-state index is 1.02. The van der Waals surface area contributed by atoms with Crippen LogP contribution in [0.5, 0.6) is 0 Å². The second-order valence-corrected chi connectivity index (χ2v) is 7.67. The van der Waals surface area contributed by atoms with Crippen molar-refractivity contribution in [2.75, 3.05) is 37.6 Å². The van der Waals surface area contributed by atoms with E-state index in [1.807, 2.05) is 0 Å². The number of rotatable bonds is 4. The SMILES string of the molecule is Cn1nc(N2CCN(CCc3ccccc3)CC2)c2c1-c1ccccc1C2. The molecule has 4 heteroatoms. The summed E-state index contributed by atoms with van der Waals surface area (Å²) in [6.07, 6.45) is 2.15. The molecule has 2 heterocycles. The fourth-order valence-electron chi connectivity index (χ4n) is 4.52. The van der Waals surface area contributed by atoms with E-state index in [9.17, 15) is 0 Å². The van der Waals surface area contributed by atoms with Crippen LogP contribution in [0.1, 0.15) is 16.7 Å². The van der Waals surface area contributed by atoms with Gasteiger partial charge in [0.1, 0.15) is 0 Å². The first-order valence-corrected chi connectivity index (χ1v) is 9.95. The summed E-state index contributed by atoms with van der Waals surface area (Å²) in [6, 6.07) is 19.6. The fourth-order valence-corrected chi connectivity index (χ4v) is 4.52. The molecular weight excluding hydrogens is 332 g/mol. The normalized spacial score (nSPS) is 16.4. The Morgan fingerprint density at radius 1 is 0.889 bits per heavy atom. The molecule has 0 unspecified atom stereocenters. The van der Waals surface area contributed by atoms with Crippen LogP contribution < -0.4 is 4.90 Å². The minimum Gasteiger partial charge on any atom is -0.352 e. The van der Waals surface area contributed by atoms with Crippen molar-refractivity contribution in [1.82, 2.24) is 14.7 Å². The van der Waals surface area contributed by atoms with Gasteiger partial charge >= 0.3 is 0 Å². The summed E-state index contributed by atoms with van der Waals surface area (Å²) in [5.74, 6) is 1.20. The number of aromatic nitrogens is 2. The van der Waals surface area contributed by atoms with Gasteiger partial charge in [-0.05, 0) is 17.5 Å². The van der Waals surface area contributed by atoms with Crippen LogP contribution in [0.15, 0.2) is 54.6 Å². The van der Waals surface area contributed by atoms with Gasteiger partial charge in [0.15, 0.2) is 5.82 Å². The van der Waals surface area contributed by atoms with E-state index < -0.39 is 0 Å². The Bertz CT molecular complexity index is 936. The van der Waals surface area contributed by atoms with E-state index in [1.54, 1.807) is 0 Å². The standard InChI is InChI=1S/C23H26N4/c1-25-22-20-10-6-5-9-19(20)17-21(22)23(24-25)27-15-13-26(14-16-27)12-11-18-7-3-2-4-8-18/h2-10H,11-17H2,1H3. The van der Waals surface area contributed by atoms with Crippen molar-refractivity contribution in [3.63, 3.8) is 0 Å². The third-order valence-electron chi connectivity index (χ3n) is 6.00. The molecule has 27 heavy (non-hydrogen) atoms. The minimum absolute atomic E-state index is 1.02. The van der Waals surface area contributed by atoms with E-state index in [2.05, 4.69) is 76.1 Å². The second kappa shape index (κ2) is 6.86. The van der Waals surface area contributed by atoms with Crippen molar-refractivity contribution in [3.05, 3.63) is 71.3 Å². The Morgan fingerprint density at radius 3 is 2.44 bits per heavy atom. The molecule has 138 valence electrons. The Labute approximate surface area is 161 Å². The van der Waals surface area contributed by atoms with E-state index in [1.165, 1.54) is 33.8 Å². The van der Waals surface area contributed by atoms with Crippen LogP contribution >= 0.6 is 0 Å². The van der Waals surface area contributed by atoms with Crippen LogP contribution in [0.4, 0.5) is 5.82 Å². The Kier molecular flexibility index (Phi) is 4.21. The zero-order chi connectivity index (χ0) is 18.2. The van der Waals surface area contributed by atoms with Gasteiger partial charge in [0.2, 0.25) is 0 Å². The lowest BCUT2D eigenvalue weighted by atomic mass is 10.1. The molecule has 1 aromatic heterocycles. The molecule has 0 saturated carbocycles. The smallest absolute Gasteiger partial charge is 0.154 e. The van der Waals surface area contributed by atoms with Crippen molar-refractivity contribution in [2.24, 2.45) is 7.05 Å². The zero-order valence-corrected chi connectivity index (χ0v) is 15.9. The summed E-state index contributed by atoms with van der Waals surface area (Å²) in [5.41, 5.74) is 6.95. The van der Waals surface area contributed by atoms with Gasteiger partial charge in [0.05, 0.1) is 5.69 Å². The predicted molar refractivity (Wildman–Crippen MR) is 110 cm³/mol. The van der Waals surface area contributed by atoms with E-state index in [0.29, 0.717) is 0 Å². The monoisotopic (exact) mass is 358 g/mol. The van der Waals surface area contributed by atoms with Crippen LogP contribution in [-0.2, 0) is 19.9 Å². The number of nitrogens with zero attached hydrogens (tertiary/aromatic N) is 4. The van der Waals surface area contributed by atoms with Crippen LogP contribution in [0.25, 0.3) is 11.3 Å². The lowest BCUT2D eigenvalue weighted by Gasteiger charge is -2.35. The number of piperazine rings is 1. The summed E-state index contributed by atoms with van der Waals surface area (Å²) in [6.45, 7) is 5.50. The Hall–Kier alpha value is -2.59. The number of hydrogen-bond acceptors (Lipinski definition) is 3. The molecule has 3 aromatic rings. The first-order valence-electron chi connectivity index (χ1n) is 9.95. The van der Waals surface area contributed by atoms with Crippen molar-refractivity contribution in [1.29, 1.82) is 0 Å². The molecule has 2 aliphatic rings. The highest BCUT2D eigenvalue weighted by Crippen LogP contribution is 2.41. The van der Waals surface area contributed by atoms with Gasteiger partial charge in [-0.15, -0.1) is 0 Å². The van der Waals surface area contributed by atoms with Crippen molar-refractivity contribution >= 4 is 5.82 Å². The molecule has 1 aliphatic heterocycles. The molecule has 0 bridgehead atoms. The topological polar surface area (TPSA) is 24.3 Å². The average molecular weight is 358 g/mol. The molecule has 2 aromatic carbocycles. The number of aryl methyl sites for hydroxylation is 1. The second-order valence-electron chi connectivity index (χ2n) is 7.67. The quantitative estimate of drug-likeness (QED) is 0.559. The number of hydrogen-bond donors (Lipinski definition) is 0. The maximum Gasteiger partial charge on any atom is 0.154 e. The highest BCUT2D eigenvalue weighted by atomic mass is 15.4. The Balaban J connectivity index is 1.26. The maximum absolute atomic E-state index is 4.90. The number of fused-ring (bicyclic) bond motifs is 3. The molecule has 4 nitrogen and oxygen atoms in total. The number of benzene rings is 2. The van der Waals surface area contributed by atoms with Crippen LogP contribution in [0.3, 0.4) is 0 Å².